The monoisotopic (exact) mass is 418 g/mol. The zero-order chi connectivity index (χ0) is 19.7. The Morgan fingerprint density at radius 3 is 2.14 bits per heavy atom. The Morgan fingerprint density at radius 1 is 1.07 bits per heavy atom. The van der Waals surface area contributed by atoms with Crippen molar-refractivity contribution in [3.63, 3.8) is 0 Å². The van der Waals surface area contributed by atoms with Crippen LogP contribution in [0.1, 0.15) is 25.7 Å². The third-order valence-corrected chi connectivity index (χ3v) is 5.38. The maximum Gasteiger partial charge on any atom is 1.00 e. The fraction of sp³-hybridized carbons (Fsp3) is 0.438. The van der Waals surface area contributed by atoms with Gasteiger partial charge in [-0.2, -0.15) is 0 Å². The molecule has 1 unspecified atom stereocenters. The van der Waals surface area contributed by atoms with E-state index in [9.17, 15) is 32.7 Å². The minimum Gasteiger partial charge on any atom is -0.768 e. The van der Waals surface area contributed by atoms with Crippen molar-refractivity contribution in [2.75, 3.05) is 6.54 Å². The molecule has 0 bridgehead atoms. The molecular formula is C16H15N2NaO8S. The van der Waals surface area contributed by atoms with Crippen molar-refractivity contribution in [1.29, 1.82) is 0 Å². The zero-order valence-corrected chi connectivity index (χ0v) is 17.8. The average Bonchev–Trinajstić information content (AvgIpc) is 3.10. The molecule has 1 fully saturated rings. The smallest absolute Gasteiger partial charge is 0.768 e. The van der Waals surface area contributed by atoms with Crippen molar-refractivity contribution in [2.24, 2.45) is 11.8 Å². The van der Waals surface area contributed by atoms with Crippen molar-refractivity contribution < 1.29 is 67.1 Å². The van der Waals surface area contributed by atoms with E-state index in [4.69, 9.17) is 4.84 Å². The standard InChI is InChI=1S/C16H16N2O8S.Na/c19-12-5-6-13(20)17(12)8-9-1-3-10(4-2-9)16(23)26-18-14(21)7-11(15(18)22)27(24)25;/h5-7,9-10H,1-4,8H2,(H,24,25);/q;+1/p-1. The normalized spacial score (nSPS) is 25.7. The van der Waals surface area contributed by atoms with Gasteiger partial charge in [-0.3, -0.25) is 28.3 Å². The molecule has 0 spiro atoms. The summed E-state index contributed by atoms with van der Waals surface area (Å²) in [5.74, 6) is -4.25. The average molecular weight is 418 g/mol. The summed E-state index contributed by atoms with van der Waals surface area (Å²) in [4.78, 5) is 64.0. The van der Waals surface area contributed by atoms with Gasteiger partial charge in [0, 0.05) is 24.8 Å². The molecule has 12 heteroatoms. The van der Waals surface area contributed by atoms with E-state index in [1.807, 2.05) is 0 Å². The number of carbonyl (C=O) groups is 5. The number of amides is 4. The molecule has 0 aromatic rings. The van der Waals surface area contributed by atoms with Crippen LogP contribution in [0.4, 0.5) is 0 Å². The number of imide groups is 2. The topological polar surface area (TPSA) is 141 Å². The molecule has 1 saturated carbocycles. The molecule has 0 aromatic heterocycles. The molecule has 28 heavy (non-hydrogen) atoms. The van der Waals surface area contributed by atoms with Gasteiger partial charge in [-0.25, -0.2) is 4.79 Å². The van der Waals surface area contributed by atoms with Crippen LogP contribution in [-0.4, -0.2) is 54.9 Å². The number of carbonyl (C=O) groups excluding carboxylic acids is 5. The summed E-state index contributed by atoms with van der Waals surface area (Å²) in [6.45, 7) is 0.276. The predicted octanol–water partition coefficient (Wildman–Crippen LogP) is -3.69. The summed E-state index contributed by atoms with van der Waals surface area (Å²) in [7, 11) is 0. The molecule has 1 aliphatic carbocycles. The first-order valence-corrected chi connectivity index (χ1v) is 9.30. The van der Waals surface area contributed by atoms with Crippen molar-refractivity contribution in [2.45, 2.75) is 25.7 Å². The first kappa shape index (κ1) is 22.6. The SMILES string of the molecule is O=C(ON1C(=O)C=C(S(=O)[O-])C1=O)C1CCC(CN2C(=O)C=CC2=O)CC1.[Na+]. The molecule has 2 aliphatic heterocycles. The van der Waals surface area contributed by atoms with Crippen LogP contribution in [0.3, 0.4) is 0 Å². The number of hydrogen-bond acceptors (Lipinski definition) is 8. The van der Waals surface area contributed by atoms with Crippen LogP contribution in [0.5, 0.6) is 0 Å². The van der Waals surface area contributed by atoms with Crippen LogP contribution >= 0.6 is 0 Å². The van der Waals surface area contributed by atoms with Gasteiger partial charge in [0.15, 0.2) is 0 Å². The molecule has 4 amide bonds. The third kappa shape index (κ3) is 4.66. The van der Waals surface area contributed by atoms with E-state index in [-0.39, 0.29) is 58.9 Å². The van der Waals surface area contributed by atoms with E-state index in [1.54, 1.807) is 0 Å². The molecule has 0 N–H and O–H groups in total. The van der Waals surface area contributed by atoms with E-state index in [2.05, 4.69) is 0 Å². The summed E-state index contributed by atoms with van der Waals surface area (Å²) in [6.07, 6.45) is 4.95. The van der Waals surface area contributed by atoms with Gasteiger partial charge < -0.3 is 9.39 Å². The molecule has 144 valence electrons. The van der Waals surface area contributed by atoms with Gasteiger partial charge in [-0.15, -0.1) is 0 Å². The second kappa shape index (κ2) is 9.23. The van der Waals surface area contributed by atoms with Crippen molar-refractivity contribution in [3.8, 4) is 0 Å². The van der Waals surface area contributed by atoms with Crippen LogP contribution in [0, 0.1) is 11.8 Å². The molecule has 2 heterocycles. The van der Waals surface area contributed by atoms with E-state index >= 15 is 0 Å². The summed E-state index contributed by atoms with van der Waals surface area (Å²) >= 11 is -2.90. The van der Waals surface area contributed by atoms with E-state index < -0.39 is 39.7 Å². The fourth-order valence-corrected chi connectivity index (χ4v) is 3.68. The van der Waals surface area contributed by atoms with Gasteiger partial charge in [0.2, 0.25) is 0 Å². The van der Waals surface area contributed by atoms with Crippen molar-refractivity contribution in [1.82, 2.24) is 9.96 Å². The Balaban J connectivity index is 0.00000280. The minimum absolute atomic E-state index is 0. The second-order valence-electron chi connectivity index (χ2n) is 6.43. The van der Waals surface area contributed by atoms with Gasteiger partial charge in [0.05, 0.1) is 10.8 Å². The number of hydrogen-bond donors (Lipinski definition) is 0. The van der Waals surface area contributed by atoms with Crippen molar-refractivity contribution >= 4 is 40.7 Å². The van der Waals surface area contributed by atoms with Gasteiger partial charge in [-0.05, 0) is 42.7 Å². The first-order valence-electron chi connectivity index (χ1n) is 8.22. The Labute approximate surface area is 184 Å². The van der Waals surface area contributed by atoms with E-state index in [0.717, 1.165) is 4.90 Å². The molecule has 3 aliphatic rings. The van der Waals surface area contributed by atoms with Gasteiger partial charge >= 0.3 is 41.4 Å². The Kier molecular flexibility index (Phi) is 7.46. The van der Waals surface area contributed by atoms with Crippen molar-refractivity contribution in [3.05, 3.63) is 23.1 Å². The van der Waals surface area contributed by atoms with E-state index in [1.165, 1.54) is 12.2 Å². The molecule has 10 nitrogen and oxygen atoms in total. The number of hydroxylamine groups is 2. The Morgan fingerprint density at radius 2 is 1.64 bits per heavy atom. The third-order valence-electron chi connectivity index (χ3n) is 4.73. The van der Waals surface area contributed by atoms with Gasteiger partial charge in [-0.1, -0.05) is 5.06 Å². The fourth-order valence-electron chi connectivity index (χ4n) is 3.25. The molecule has 3 rings (SSSR count). The van der Waals surface area contributed by atoms with Gasteiger partial charge in [0.25, 0.3) is 17.7 Å². The molecular weight excluding hydrogens is 403 g/mol. The van der Waals surface area contributed by atoms with Crippen LogP contribution in [0.15, 0.2) is 23.1 Å². The van der Waals surface area contributed by atoms with Crippen LogP contribution in [0.2, 0.25) is 0 Å². The molecule has 0 saturated heterocycles. The number of nitrogens with zero attached hydrogens (tertiary/aromatic N) is 2. The zero-order valence-electron chi connectivity index (χ0n) is 15.0. The summed E-state index contributed by atoms with van der Waals surface area (Å²) in [5, 5.41) is 0.146. The summed E-state index contributed by atoms with van der Waals surface area (Å²) in [5.41, 5.74) is 0. The maximum absolute atomic E-state index is 12.2. The Bertz CT molecular complexity index is 797. The first-order chi connectivity index (χ1) is 12.8. The van der Waals surface area contributed by atoms with Crippen LogP contribution in [0.25, 0.3) is 0 Å². The number of rotatable bonds is 5. The minimum atomic E-state index is -2.90. The quantitative estimate of drug-likeness (QED) is 0.252. The maximum atomic E-state index is 12.2. The molecule has 0 aromatic carbocycles. The second-order valence-corrected chi connectivity index (χ2v) is 7.34. The summed E-state index contributed by atoms with van der Waals surface area (Å²) in [6, 6.07) is 0. The molecule has 1 atom stereocenters. The summed E-state index contributed by atoms with van der Waals surface area (Å²) < 4.78 is 21.7. The van der Waals surface area contributed by atoms with Crippen LogP contribution in [-0.2, 0) is 39.9 Å². The van der Waals surface area contributed by atoms with Gasteiger partial charge in [0.1, 0.15) is 0 Å². The Hall–Kier alpha value is -1.66. The van der Waals surface area contributed by atoms with Crippen LogP contribution < -0.4 is 29.6 Å². The largest absolute Gasteiger partial charge is 1.00 e. The predicted molar refractivity (Wildman–Crippen MR) is 86.3 cm³/mol. The molecule has 0 radical (unpaired) electrons. The van der Waals surface area contributed by atoms with E-state index in [0.29, 0.717) is 31.8 Å².